The van der Waals surface area contributed by atoms with Gasteiger partial charge in [0.05, 0.1) is 6.42 Å². The SMILES string of the molecule is O=C(COC(=O)CCC(=O)c1ccc2c(c1)CCCC2)NCc1ccccc1. The molecule has 1 N–H and O–H groups in total. The summed E-state index contributed by atoms with van der Waals surface area (Å²) in [6.07, 6.45) is 4.50. The summed E-state index contributed by atoms with van der Waals surface area (Å²) in [6, 6.07) is 15.3. The van der Waals surface area contributed by atoms with Crippen molar-refractivity contribution in [3.05, 3.63) is 70.8 Å². The molecule has 0 aliphatic heterocycles. The van der Waals surface area contributed by atoms with Gasteiger partial charge >= 0.3 is 5.97 Å². The fourth-order valence-electron chi connectivity index (χ4n) is 3.33. The summed E-state index contributed by atoms with van der Waals surface area (Å²) in [5, 5.41) is 2.69. The van der Waals surface area contributed by atoms with Crippen molar-refractivity contribution < 1.29 is 19.1 Å². The van der Waals surface area contributed by atoms with E-state index in [-0.39, 0.29) is 31.1 Å². The number of hydrogen-bond donors (Lipinski definition) is 1. The van der Waals surface area contributed by atoms with Gasteiger partial charge in [0, 0.05) is 18.5 Å². The standard InChI is InChI=1S/C23H25NO4/c25-21(20-11-10-18-8-4-5-9-19(18)14-20)12-13-23(27)28-16-22(26)24-15-17-6-2-1-3-7-17/h1-3,6-7,10-11,14H,4-5,8-9,12-13,15-16H2,(H,24,26). The normalized spacial score (nSPS) is 12.7. The van der Waals surface area contributed by atoms with Gasteiger partial charge in [0.15, 0.2) is 12.4 Å². The molecule has 5 heteroatoms. The number of benzene rings is 2. The van der Waals surface area contributed by atoms with Crippen molar-refractivity contribution >= 4 is 17.7 Å². The summed E-state index contributed by atoms with van der Waals surface area (Å²) in [7, 11) is 0. The van der Waals surface area contributed by atoms with Crippen molar-refractivity contribution in [1.29, 1.82) is 0 Å². The van der Waals surface area contributed by atoms with Crippen LogP contribution in [0.4, 0.5) is 0 Å². The fourth-order valence-corrected chi connectivity index (χ4v) is 3.33. The predicted molar refractivity (Wildman–Crippen MR) is 106 cm³/mol. The minimum absolute atomic E-state index is 0.0259. The van der Waals surface area contributed by atoms with E-state index in [1.807, 2.05) is 48.5 Å². The molecule has 0 radical (unpaired) electrons. The lowest BCUT2D eigenvalue weighted by atomic mass is 9.89. The monoisotopic (exact) mass is 379 g/mol. The Morgan fingerprint density at radius 1 is 0.893 bits per heavy atom. The number of ketones is 1. The van der Waals surface area contributed by atoms with Gasteiger partial charge in [0.1, 0.15) is 0 Å². The summed E-state index contributed by atoms with van der Waals surface area (Å²) in [4.78, 5) is 35.9. The lowest BCUT2D eigenvalue weighted by Crippen LogP contribution is -2.28. The van der Waals surface area contributed by atoms with Crippen LogP contribution in [0.5, 0.6) is 0 Å². The van der Waals surface area contributed by atoms with Gasteiger partial charge in [0.25, 0.3) is 5.91 Å². The number of fused-ring (bicyclic) bond motifs is 1. The molecule has 2 aromatic carbocycles. The quantitative estimate of drug-likeness (QED) is 0.564. The second-order valence-corrected chi connectivity index (χ2v) is 7.04. The zero-order valence-electron chi connectivity index (χ0n) is 15.9. The lowest BCUT2D eigenvalue weighted by molar-refractivity contribution is -0.148. The number of Topliss-reactive ketones (excluding diaryl/α,β-unsaturated/α-hetero) is 1. The maximum Gasteiger partial charge on any atom is 0.306 e. The molecule has 1 aliphatic carbocycles. The maximum absolute atomic E-state index is 12.3. The van der Waals surface area contributed by atoms with E-state index >= 15 is 0 Å². The van der Waals surface area contributed by atoms with Crippen molar-refractivity contribution in [3.63, 3.8) is 0 Å². The van der Waals surface area contributed by atoms with Gasteiger partial charge in [-0.25, -0.2) is 0 Å². The number of esters is 1. The van der Waals surface area contributed by atoms with E-state index in [4.69, 9.17) is 4.74 Å². The highest BCUT2D eigenvalue weighted by atomic mass is 16.5. The van der Waals surface area contributed by atoms with Crippen molar-refractivity contribution in [2.75, 3.05) is 6.61 Å². The zero-order valence-corrected chi connectivity index (χ0v) is 15.9. The van der Waals surface area contributed by atoms with Crippen LogP contribution in [-0.2, 0) is 33.7 Å². The van der Waals surface area contributed by atoms with E-state index in [9.17, 15) is 14.4 Å². The first kappa shape index (κ1) is 19.8. The highest BCUT2D eigenvalue weighted by Gasteiger charge is 2.15. The highest BCUT2D eigenvalue weighted by molar-refractivity contribution is 5.97. The van der Waals surface area contributed by atoms with Gasteiger partial charge in [-0.15, -0.1) is 0 Å². The molecule has 0 saturated carbocycles. The molecular weight excluding hydrogens is 354 g/mol. The topological polar surface area (TPSA) is 72.5 Å². The highest BCUT2D eigenvalue weighted by Crippen LogP contribution is 2.23. The predicted octanol–water partition coefficient (Wildman–Crippen LogP) is 3.39. The number of ether oxygens (including phenoxy) is 1. The second kappa shape index (κ2) is 9.83. The largest absolute Gasteiger partial charge is 0.456 e. The van der Waals surface area contributed by atoms with Crippen LogP contribution in [0.1, 0.15) is 52.7 Å². The van der Waals surface area contributed by atoms with E-state index in [0.29, 0.717) is 12.1 Å². The number of amides is 1. The molecule has 0 bridgehead atoms. The molecule has 1 aliphatic rings. The Labute approximate surface area is 165 Å². The Hall–Kier alpha value is -2.95. The van der Waals surface area contributed by atoms with Gasteiger partial charge < -0.3 is 10.1 Å². The summed E-state index contributed by atoms with van der Waals surface area (Å²) in [5.74, 6) is -0.974. The molecule has 0 saturated heterocycles. The van der Waals surface area contributed by atoms with Crippen molar-refractivity contribution in [1.82, 2.24) is 5.32 Å². The Bertz CT molecular complexity index is 845. The number of hydrogen-bond acceptors (Lipinski definition) is 4. The number of rotatable bonds is 8. The molecule has 0 spiro atoms. The summed E-state index contributed by atoms with van der Waals surface area (Å²) in [6.45, 7) is 0.0484. The molecule has 146 valence electrons. The van der Waals surface area contributed by atoms with E-state index in [2.05, 4.69) is 5.32 Å². The Kier molecular flexibility index (Phi) is 6.95. The van der Waals surface area contributed by atoms with Gasteiger partial charge in [-0.05, 0) is 48.4 Å². The summed E-state index contributed by atoms with van der Waals surface area (Å²) >= 11 is 0. The van der Waals surface area contributed by atoms with Crippen LogP contribution >= 0.6 is 0 Å². The average Bonchev–Trinajstić information content (AvgIpc) is 2.75. The first-order valence-corrected chi connectivity index (χ1v) is 9.73. The third-order valence-electron chi connectivity index (χ3n) is 4.92. The van der Waals surface area contributed by atoms with Gasteiger partial charge in [-0.2, -0.15) is 0 Å². The number of carbonyl (C=O) groups excluding carboxylic acids is 3. The summed E-state index contributed by atoms with van der Waals surface area (Å²) < 4.78 is 4.97. The first-order valence-electron chi connectivity index (χ1n) is 9.73. The molecular formula is C23H25NO4. The van der Waals surface area contributed by atoms with Gasteiger partial charge in [-0.1, -0.05) is 42.5 Å². The molecule has 3 rings (SSSR count). The van der Waals surface area contributed by atoms with Crippen LogP contribution in [-0.4, -0.2) is 24.3 Å². The van der Waals surface area contributed by atoms with E-state index in [1.54, 1.807) is 0 Å². The van der Waals surface area contributed by atoms with E-state index in [1.165, 1.54) is 17.5 Å². The molecule has 2 aromatic rings. The maximum atomic E-state index is 12.3. The molecule has 0 unspecified atom stereocenters. The minimum atomic E-state index is -0.541. The van der Waals surface area contributed by atoms with Crippen LogP contribution in [0.25, 0.3) is 0 Å². The lowest BCUT2D eigenvalue weighted by Gasteiger charge is -2.16. The third-order valence-corrected chi connectivity index (χ3v) is 4.92. The Morgan fingerprint density at radius 2 is 1.64 bits per heavy atom. The number of nitrogens with one attached hydrogen (secondary N) is 1. The average molecular weight is 379 g/mol. The Balaban J connectivity index is 1.38. The van der Waals surface area contributed by atoms with Crippen LogP contribution < -0.4 is 5.32 Å². The number of aryl methyl sites for hydroxylation is 2. The Morgan fingerprint density at radius 3 is 2.43 bits per heavy atom. The molecule has 5 nitrogen and oxygen atoms in total. The van der Waals surface area contributed by atoms with Crippen LogP contribution in [0.15, 0.2) is 48.5 Å². The number of carbonyl (C=O) groups is 3. The molecule has 0 aromatic heterocycles. The third kappa shape index (κ3) is 5.78. The smallest absolute Gasteiger partial charge is 0.306 e. The fraction of sp³-hybridized carbons (Fsp3) is 0.348. The summed E-state index contributed by atoms with van der Waals surface area (Å²) in [5.41, 5.74) is 4.19. The molecule has 0 fully saturated rings. The molecule has 0 atom stereocenters. The van der Waals surface area contributed by atoms with Crippen LogP contribution in [0, 0.1) is 0 Å². The second-order valence-electron chi connectivity index (χ2n) is 7.04. The van der Waals surface area contributed by atoms with Crippen molar-refractivity contribution in [2.45, 2.75) is 45.1 Å². The van der Waals surface area contributed by atoms with E-state index < -0.39 is 5.97 Å². The van der Waals surface area contributed by atoms with Crippen molar-refractivity contribution in [2.24, 2.45) is 0 Å². The van der Waals surface area contributed by atoms with Crippen molar-refractivity contribution in [3.8, 4) is 0 Å². The zero-order chi connectivity index (χ0) is 19.8. The van der Waals surface area contributed by atoms with Gasteiger partial charge in [-0.3, -0.25) is 14.4 Å². The first-order chi connectivity index (χ1) is 13.6. The molecule has 28 heavy (non-hydrogen) atoms. The molecule has 0 heterocycles. The molecule has 1 amide bonds. The van der Waals surface area contributed by atoms with Gasteiger partial charge in [0.2, 0.25) is 0 Å². The van der Waals surface area contributed by atoms with Crippen LogP contribution in [0.2, 0.25) is 0 Å². The van der Waals surface area contributed by atoms with Crippen LogP contribution in [0.3, 0.4) is 0 Å². The minimum Gasteiger partial charge on any atom is -0.456 e. The van der Waals surface area contributed by atoms with E-state index in [0.717, 1.165) is 24.8 Å².